The number of nitrogens with zero attached hydrogens (tertiary/aromatic N) is 2. The summed E-state index contributed by atoms with van der Waals surface area (Å²) in [4.78, 5) is 44.4. The van der Waals surface area contributed by atoms with Gasteiger partial charge in [0.25, 0.3) is 0 Å². The number of likely N-dealkylation sites (N-methyl/N-ethyl adjacent to an activating group) is 1. The molecule has 35 heavy (non-hydrogen) atoms. The van der Waals surface area contributed by atoms with E-state index in [1.807, 2.05) is 30.3 Å². The fourth-order valence-electron chi connectivity index (χ4n) is 3.56. The second-order valence-corrected chi connectivity index (χ2v) is 8.69. The van der Waals surface area contributed by atoms with Gasteiger partial charge in [0.05, 0.1) is 22.8 Å². The maximum absolute atomic E-state index is 13.4. The molecule has 0 saturated heterocycles. The molecule has 9 heteroatoms. The summed E-state index contributed by atoms with van der Waals surface area (Å²) in [6.07, 6.45) is 0.228. The topological polar surface area (TPSA) is 101 Å². The van der Waals surface area contributed by atoms with Crippen LogP contribution in [-0.4, -0.2) is 42.9 Å². The van der Waals surface area contributed by atoms with E-state index < -0.39 is 17.9 Å². The van der Waals surface area contributed by atoms with E-state index in [0.29, 0.717) is 17.1 Å². The Morgan fingerprint density at radius 3 is 2.46 bits per heavy atom. The summed E-state index contributed by atoms with van der Waals surface area (Å²) in [5.74, 6) is -1.44. The number of aromatic nitrogens is 1. The normalized spacial score (nSPS) is 11.5. The van der Waals surface area contributed by atoms with Crippen LogP contribution in [0.25, 0.3) is 10.2 Å². The van der Waals surface area contributed by atoms with E-state index in [4.69, 9.17) is 4.74 Å². The van der Waals surface area contributed by atoms with Gasteiger partial charge in [-0.25, -0.2) is 4.98 Å². The molecule has 0 aliphatic rings. The number of benzene rings is 3. The smallest absolute Gasteiger partial charge is 0.313 e. The Morgan fingerprint density at radius 2 is 1.74 bits per heavy atom. The van der Waals surface area contributed by atoms with Crippen LogP contribution in [0.4, 0.5) is 11.4 Å². The van der Waals surface area contributed by atoms with Gasteiger partial charge < -0.3 is 20.3 Å². The first kappa shape index (κ1) is 23.9. The fraction of sp³-hybridized carbons (Fsp3) is 0.154. The summed E-state index contributed by atoms with van der Waals surface area (Å²) in [5, 5.41) is 5.21. The highest BCUT2D eigenvalue weighted by atomic mass is 32.1. The number of ether oxygens (including phenoxy) is 1. The van der Waals surface area contributed by atoms with Crippen LogP contribution in [0.5, 0.6) is 5.75 Å². The van der Waals surface area contributed by atoms with Crippen molar-refractivity contribution in [1.29, 1.82) is 0 Å². The predicted molar refractivity (Wildman–Crippen MR) is 137 cm³/mol. The summed E-state index contributed by atoms with van der Waals surface area (Å²) in [5.41, 5.74) is 4.48. The summed E-state index contributed by atoms with van der Waals surface area (Å²) in [7, 11) is 3.19. The average molecular weight is 489 g/mol. The van der Waals surface area contributed by atoms with E-state index in [1.54, 1.807) is 62.1 Å². The van der Waals surface area contributed by atoms with Gasteiger partial charge in [-0.15, -0.1) is 11.3 Å². The second-order valence-electron chi connectivity index (χ2n) is 7.80. The van der Waals surface area contributed by atoms with Gasteiger partial charge in [0.1, 0.15) is 11.8 Å². The van der Waals surface area contributed by atoms with Crippen LogP contribution >= 0.6 is 11.3 Å². The molecule has 0 radical (unpaired) electrons. The zero-order chi connectivity index (χ0) is 24.8. The molecule has 0 saturated carbocycles. The first-order valence-electron chi connectivity index (χ1n) is 10.9. The van der Waals surface area contributed by atoms with E-state index in [2.05, 4.69) is 15.6 Å². The van der Waals surface area contributed by atoms with Crippen molar-refractivity contribution in [3.05, 3.63) is 83.9 Å². The summed E-state index contributed by atoms with van der Waals surface area (Å²) >= 11 is 1.44. The minimum Gasteiger partial charge on any atom is -0.497 e. The number of hydrogen-bond acceptors (Lipinski definition) is 6. The van der Waals surface area contributed by atoms with Crippen LogP contribution < -0.4 is 20.3 Å². The number of carbonyl (C=O) groups is 3. The number of hydrogen-bond donors (Lipinski definition) is 2. The van der Waals surface area contributed by atoms with Crippen molar-refractivity contribution in [3.63, 3.8) is 0 Å². The quantitative estimate of drug-likeness (QED) is 0.387. The predicted octanol–water partition coefficient (Wildman–Crippen LogP) is 3.63. The largest absolute Gasteiger partial charge is 0.497 e. The molecule has 0 spiro atoms. The summed E-state index contributed by atoms with van der Waals surface area (Å²) < 4.78 is 6.07. The van der Waals surface area contributed by atoms with E-state index in [0.717, 1.165) is 15.8 Å². The Bertz CT molecular complexity index is 1340. The minimum atomic E-state index is -0.952. The Kier molecular flexibility index (Phi) is 7.37. The molecule has 178 valence electrons. The SMILES string of the molecule is COc1ccc(N(C)C(=O)[C@H](Cc2ccccc2)NC(=O)C(=O)Nc2ccc3ncsc3c2)cc1. The molecule has 0 aliphatic heterocycles. The molecule has 0 aliphatic carbocycles. The van der Waals surface area contributed by atoms with Crippen molar-refractivity contribution in [2.24, 2.45) is 0 Å². The number of methoxy groups -OCH3 is 1. The molecule has 8 nitrogen and oxygen atoms in total. The van der Waals surface area contributed by atoms with Gasteiger partial charge in [0, 0.05) is 24.8 Å². The highest BCUT2D eigenvalue weighted by Gasteiger charge is 2.28. The number of nitrogens with one attached hydrogen (secondary N) is 2. The first-order chi connectivity index (χ1) is 16.9. The van der Waals surface area contributed by atoms with Crippen molar-refractivity contribution < 1.29 is 19.1 Å². The number of amides is 3. The Hall–Kier alpha value is -4.24. The molecule has 1 aromatic heterocycles. The van der Waals surface area contributed by atoms with Gasteiger partial charge in [0.15, 0.2) is 0 Å². The highest BCUT2D eigenvalue weighted by Crippen LogP contribution is 2.22. The van der Waals surface area contributed by atoms with Crippen LogP contribution in [0.15, 0.2) is 78.3 Å². The lowest BCUT2D eigenvalue weighted by Gasteiger charge is -2.25. The lowest BCUT2D eigenvalue weighted by molar-refractivity contribution is -0.137. The van der Waals surface area contributed by atoms with Crippen LogP contribution in [0.3, 0.4) is 0 Å². The van der Waals surface area contributed by atoms with E-state index in [9.17, 15) is 14.4 Å². The number of anilines is 2. The van der Waals surface area contributed by atoms with Gasteiger partial charge >= 0.3 is 11.8 Å². The molecular formula is C26H24N4O4S. The molecular weight excluding hydrogens is 464 g/mol. The average Bonchev–Trinajstić information content (AvgIpc) is 3.36. The molecule has 0 bridgehead atoms. The third-order valence-electron chi connectivity index (χ3n) is 5.47. The van der Waals surface area contributed by atoms with Crippen LogP contribution in [-0.2, 0) is 20.8 Å². The third-order valence-corrected chi connectivity index (χ3v) is 6.26. The van der Waals surface area contributed by atoms with Gasteiger partial charge in [-0.1, -0.05) is 30.3 Å². The second kappa shape index (κ2) is 10.8. The van der Waals surface area contributed by atoms with Gasteiger partial charge in [-0.3, -0.25) is 14.4 Å². The zero-order valence-corrected chi connectivity index (χ0v) is 20.0. The highest BCUT2D eigenvalue weighted by molar-refractivity contribution is 7.16. The number of rotatable bonds is 7. The maximum atomic E-state index is 13.4. The first-order valence-corrected chi connectivity index (χ1v) is 11.7. The Balaban J connectivity index is 1.50. The van der Waals surface area contributed by atoms with Gasteiger partial charge in [-0.2, -0.15) is 0 Å². The molecule has 3 amide bonds. The number of thiazole rings is 1. The van der Waals surface area contributed by atoms with E-state index in [-0.39, 0.29) is 12.3 Å². The molecule has 4 rings (SSSR count). The molecule has 4 aromatic rings. The fourth-order valence-corrected chi connectivity index (χ4v) is 4.28. The molecule has 0 unspecified atom stereocenters. The molecule has 2 N–H and O–H groups in total. The Labute approximate surface area is 206 Å². The van der Waals surface area contributed by atoms with Crippen molar-refractivity contribution in [2.75, 3.05) is 24.4 Å². The van der Waals surface area contributed by atoms with E-state index in [1.165, 1.54) is 16.2 Å². The third kappa shape index (κ3) is 5.82. The zero-order valence-electron chi connectivity index (χ0n) is 19.2. The van der Waals surface area contributed by atoms with Crippen molar-refractivity contribution in [2.45, 2.75) is 12.5 Å². The van der Waals surface area contributed by atoms with Gasteiger partial charge in [-0.05, 0) is 48.0 Å². The van der Waals surface area contributed by atoms with Crippen LogP contribution in [0, 0.1) is 0 Å². The lowest BCUT2D eigenvalue weighted by Crippen LogP contribution is -2.51. The standard InChI is InChI=1S/C26H24N4O4S/c1-30(19-9-11-20(34-2)12-10-19)26(33)22(14-17-6-4-3-5-7-17)29-25(32)24(31)28-18-8-13-21-23(15-18)35-16-27-21/h3-13,15-16,22H,14H2,1-2H3,(H,28,31)(H,29,32)/t22-/m0/s1. The lowest BCUT2D eigenvalue weighted by atomic mass is 10.0. The molecule has 1 atom stereocenters. The van der Waals surface area contributed by atoms with Crippen molar-refractivity contribution in [3.8, 4) is 5.75 Å². The number of carbonyl (C=O) groups excluding carboxylic acids is 3. The monoisotopic (exact) mass is 488 g/mol. The van der Waals surface area contributed by atoms with Crippen molar-refractivity contribution >= 4 is 50.6 Å². The van der Waals surface area contributed by atoms with E-state index >= 15 is 0 Å². The molecule has 1 heterocycles. The summed E-state index contributed by atoms with van der Waals surface area (Å²) in [6, 6.07) is 20.6. The molecule has 0 fully saturated rings. The van der Waals surface area contributed by atoms with Crippen LogP contribution in [0.2, 0.25) is 0 Å². The minimum absolute atomic E-state index is 0.228. The number of fused-ring (bicyclic) bond motifs is 1. The van der Waals surface area contributed by atoms with Gasteiger partial charge in [0.2, 0.25) is 5.91 Å². The van der Waals surface area contributed by atoms with Crippen LogP contribution in [0.1, 0.15) is 5.56 Å². The summed E-state index contributed by atoms with van der Waals surface area (Å²) in [6.45, 7) is 0. The Morgan fingerprint density at radius 1 is 1.00 bits per heavy atom. The molecule has 3 aromatic carbocycles. The van der Waals surface area contributed by atoms with Crippen molar-refractivity contribution in [1.82, 2.24) is 10.3 Å². The maximum Gasteiger partial charge on any atom is 0.313 e.